The number of benzene rings is 2. The number of hydrogen-bond donors (Lipinski definition) is 2. The molecule has 1 fully saturated rings. The van der Waals surface area contributed by atoms with Gasteiger partial charge in [-0.3, -0.25) is 9.59 Å². The number of halogens is 1. The summed E-state index contributed by atoms with van der Waals surface area (Å²) in [6.45, 7) is 1.45. The molecule has 0 atom stereocenters. The summed E-state index contributed by atoms with van der Waals surface area (Å²) in [5.74, 6) is -1.92. The number of aromatic nitrogens is 1. The van der Waals surface area contributed by atoms with Crippen LogP contribution in [0.25, 0.3) is 11.8 Å². The number of carbonyl (C=O) groups is 3. The first kappa shape index (κ1) is 20.1. The lowest BCUT2D eigenvalue weighted by molar-refractivity contribution is -0.127. The average molecular weight is 418 g/mol. The van der Waals surface area contributed by atoms with E-state index in [9.17, 15) is 18.8 Å². The molecule has 1 aliphatic rings. The van der Waals surface area contributed by atoms with E-state index in [4.69, 9.17) is 0 Å². The van der Waals surface area contributed by atoms with Crippen molar-refractivity contribution in [1.29, 1.82) is 0 Å². The van der Waals surface area contributed by atoms with Crippen LogP contribution in [0.15, 0.2) is 72.6 Å². The van der Waals surface area contributed by atoms with Gasteiger partial charge in [-0.05, 0) is 55.0 Å². The molecule has 1 saturated heterocycles. The van der Waals surface area contributed by atoms with Crippen molar-refractivity contribution in [2.24, 2.45) is 0 Å². The topological polar surface area (TPSA) is 83.4 Å². The molecule has 8 heteroatoms. The standard InChI is InChI=1S/C23H19FN4O3/c1-15-6-4-7-16(12-15)27-11-5-8-17(27)13-20-22(30)28(23(31)26-20)14-21(29)25-19-10-3-2-9-18(19)24/h2-13H,14H2,1H3,(H,25,29)(H,26,31)/b20-13+. The van der Waals surface area contributed by atoms with E-state index in [2.05, 4.69) is 10.6 Å². The maximum absolute atomic E-state index is 13.7. The highest BCUT2D eigenvalue weighted by Gasteiger charge is 2.35. The van der Waals surface area contributed by atoms with Gasteiger partial charge in [0.15, 0.2) is 0 Å². The molecule has 2 N–H and O–H groups in total. The fraction of sp³-hybridized carbons (Fsp3) is 0.0870. The van der Waals surface area contributed by atoms with Crippen molar-refractivity contribution in [2.45, 2.75) is 6.92 Å². The lowest BCUT2D eigenvalue weighted by Crippen LogP contribution is -2.38. The van der Waals surface area contributed by atoms with E-state index in [0.717, 1.165) is 16.2 Å². The molecule has 4 amide bonds. The lowest BCUT2D eigenvalue weighted by atomic mass is 10.2. The number of anilines is 1. The number of nitrogens with one attached hydrogen (secondary N) is 2. The Morgan fingerprint density at radius 2 is 1.90 bits per heavy atom. The second kappa shape index (κ2) is 8.27. The van der Waals surface area contributed by atoms with Crippen LogP contribution in [0.3, 0.4) is 0 Å². The van der Waals surface area contributed by atoms with Crippen molar-refractivity contribution in [3.63, 3.8) is 0 Å². The monoisotopic (exact) mass is 418 g/mol. The smallest absolute Gasteiger partial charge is 0.322 e. The summed E-state index contributed by atoms with van der Waals surface area (Å²) in [6.07, 6.45) is 3.40. The predicted molar refractivity (Wildman–Crippen MR) is 114 cm³/mol. The molecule has 1 aromatic heterocycles. The van der Waals surface area contributed by atoms with E-state index in [1.165, 1.54) is 18.2 Å². The quantitative estimate of drug-likeness (QED) is 0.492. The van der Waals surface area contributed by atoms with Gasteiger partial charge in [0, 0.05) is 17.6 Å². The van der Waals surface area contributed by atoms with Gasteiger partial charge in [-0.25, -0.2) is 14.1 Å². The average Bonchev–Trinajstić information content (AvgIpc) is 3.30. The summed E-state index contributed by atoms with van der Waals surface area (Å²) in [4.78, 5) is 38.0. The van der Waals surface area contributed by atoms with Crippen molar-refractivity contribution >= 4 is 29.6 Å². The number of rotatable bonds is 5. The first-order valence-corrected chi connectivity index (χ1v) is 9.56. The molecule has 1 aliphatic heterocycles. The Morgan fingerprint density at radius 1 is 1.10 bits per heavy atom. The number of carbonyl (C=O) groups excluding carboxylic acids is 3. The van der Waals surface area contributed by atoms with Crippen molar-refractivity contribution in [3.8, 4) is 5.69 Å². The van der Waals surface area contributed by atoms with Gasteiger partial charge in [0.2, 0.25) is 5.91 Å². The SMILES string of the molecule is Cc1cccc(-n2cccc2/C=C2/NC(=O)N(CC(=O)Nc3ccccc3F)C2=O)c1. The number of hydrogen-bond acceptors (Lipinski definition) is 3. The largest absolute Gasteiger partial charge is 0.329 e. The van der Waals surface area contributed by atoms with E-state index in [-0.39, 0.29) is 11.4 Å². The fourth-order valence-corrected chi connectivity index (χ4v) is 3.28. The van der Waals surface area contributed by atoms with Gasteiger partial charge in [0.25, 0.3) is 5.91 Å². The minimum absolute atomic E-state index is 0.0219. The van der Waals surface area contributed by atoms with Crippen molar-refractivity contribution in [3.05, 3.63) is 89.6 Å². The van der Waals surface area contributed by atoms with E-state index >= 15 is 0 Å². The lowest BCUT2D eigenvalue weighted by Gasteiger charge is -2.12. The molecule has 0 spiro atoms. The van der Waals surface area contributed by atoms with E-state index in [0.29, 0.717) is 5.69 Å². The first-order valence-electron chi connectivity index (χ1n) is 9.56. The van der Waals surface area contributed by atoms with Crippen LogP contribution < -0.4 is 10.6 Å². The molecule has 3 aromatic rings. The normalized spacial score (nSPS) is 14.8. The number of nitrogens with zero attached hydrogens (tertiary/aromatic N) is 2. The van der Waals surface area contributed by atoms with E-state index < -0.39 is 30.2 Å². The van der Waals surface area contributed by atoms with E-state index in [1.54, 1.807) is 12.1 Å². The third kappa shape index (κ3) is 4.23. The van der Waals surface area contributed by atoms with Crippen LogP contribution in [0.4, 0.5) is 14.9 Å². The molecule has 0 unspecified atom stereocenters. The van der Waals surface area contributed by atoms with Gasteiger partial charge in [0.05, 0.1) is 5.69 Å². The zero-order chi connectivity index (χ0) is 22.0. The van der Waals surface area contributed by atoms with Crippen molar-refractivity contribution in [2.75, 3.05) is 11.9 Å². The minimum Gasteiger partial charge on any atom is -0.322 e. The third-order valence-electron chi connectivity index (χ3n) is 4.76. The summed E-state index contributed by atoms with van der Waals surface area (Å²) in [7, 11) is 0. The second-order valence-corrected chi connectivity index (χ2v) is 7.05. The van der Waals surface area contributed by atoms with Gasteiger partial charge >= 0.3 is 6.03 Å². The summed E-state index contributed by atoms with van der Waals surface area (Å²) in [6, 6.07) is 16.4. The maximum Gasteiger partial charge on any atom is 0.329 e. The highest BCUT2D eigenvalue weighted by atomic mass is 19.1. The number of para-hydroxylation sites is 1. The molecule has 31 heavy (non-hydrogen) atoms. The molecule has 7 nitrogen and oxygen atoms in total. The van der Waals surface area contributed by atoms with Crippen LogP contribution in [0.1, 0.15) is 11.3 Å². The third-order valence-corrected chi connectivity index (χ3v) is 4.76. The van der Waals surface area contributed by atoms with Gasteiger partial charge < -0.3 is 15.2 Å². The molecular weight excluding hydrogens is 399 g/mol. The van der Waals surface area contributed by atoms with Crippen molar-refractivity contribution < 1.29 is 18.8 Å². The molecule has 156 valence electrons. The predicted octanol–water partition coefficient (Wildman–Crippen LogP) is 3.46. The number of imide groups is 1. The summed E-state index contributed by atoms with van der Waals surface area (Å²) in [5, 5.41) is 4.86. The van der Waals surface area contributed by atoms with Crippen LogP contribution >= 0.6 is 0 Å². The second-order valence-electron chi connectivity index (χ2n) is 7.05. The Bertz CT molecular complexity index is 1210. The Balaban J connectivity index is 1.51. The van der Waals surface area contributed by atoms with Gasteiger partial charge in [0.1, 0.15) is 18.1 Å². The fourth-order valence-electron chi connectivity index (χ4n) is 3.28. The Kier molecular flexibility index (Phi) is 5.36. The van der Waals surface area contributed by atoms with Crippen LogP contribution in [0.2, 0.25) is 0 Å². The number of urea groups is 1. The molecule has 4 rings (SSSR count). The summed E-state index contributed by atoms with van der Waals surface area (Å²) in [5.41, 5.74) is 2.71. The zero-order valence-electron chi connectivity index (χ0n) is 16.6. The summed E-state index contributed by atoms with van der Waals surface area (Å²) >= 11 is 0. The first-order chi connectivity index (χ1) is 14.9. The highest BCUT2D eigenvalue weighted by molar-refractivity contribution is 6.15. The van der Waals surface area contributed by atoms with E-state index in [1.807, 2.05) is 54.1 Å². The zero-order valence-corrected chi connectivity index (χ0v) is 16.6. The Hall–Kier alpha value is -4.20. The van der Waals surface area contributed by atoms with Crippen LogP contribution in [0, 0.1) is 12.7 Å². The highest BCUT2D eigenvalue weighted by Crippen LogP contribution is 2.19. The molecule has 0 bridgehead atoms. The number of aryl methyl sites for hydroxylation is 1. The van der Waals surface area contributed by atoms with Gasteiger partial charge in [-0.2, -0.15) is 0 Å². The van der Waals surface area contributed by atoms with Crippen molar-refractivity contribution in [1.82, 2.24) is 14.8 Å². The maximum atomic E-state index is 13.7. The van der Waals surface area contributed by atoms with Gasteiger partial charge in [-0.1, -0.05) is 24.3 Å². The van der Waals surface area contributed by atoms with Gasteiger partial charge in [-0.15, -0.1) is 0 Å². The Labute approximate surface area is 177 Å². The summed E-state index contributed by atoms with van der Waals surface area (Å²) < 4.78 is 15.6. The molecule has 0 radical (unpaired) electrons. The molecule has 0 saturated carbocycles. The molecular formula is C23H19FN4O3. The Morgan fingerprint density at radius 3 is 2.68 bits per heavy atom. The minimum atomic E-state index is -0.714. The molecule has 2 aromatic carbocycles. The van der Waals surface area contributed by atoms with Crippen LogP contribution in [0.5, 0.6) is 0 Å². The number of amides is 4. The van der Waals surface area contributed by atoms with Crippen LogP contribution in [-0.2, 0) is 9.59 Å². The molecule has 0 aliphatic carbocycles. The molecule has 2 heterocycles. The van der Waals surface area contributed by atoms with Crippen LogP contribution in [-0.4, -0.2) is 33.9 Å².